The second-order valence-electron chi connectivity index (χ2n) is 3.80. The average molecular weight is 215 g/mol. The molecule has 0 saturated heterocycles. The second kappa shape index (κ2) is 6.10. The zero-order valence-corrected chi connectivity index (χ0v) is 9.09. The molecule has 1 aromatic heterocycles. The summed E-state index contributed by atoms with van der Waals surface area (Å²) in [6.45, 7) is 0.887. The Kier molecular flexibility index (Phi) is 5.05. The Morgan fingerprint density at radius 2 is 2.07 bits per heavy atom. The molecular weight excluding hydrogens is 198 g/mol. The van der Waals surface area contributed by atoms with E-state index in [0.29, 0.717) is 0 Å². The topological polar surface area (TPSA) is 25.2 Å². The quantitative estimate of drug-likeness (QED) is 0.748. The van der Waals surface area contributed by atoms with Crippen molar-refractivity contribution in [3.63, 3.8) is 0 Å². The van der Waals surface area contributed by atoms with Crippen LogP contribution in [-0.4, -0.2) is 6.04 Å². The van der Waals surface area contributed by atoms with Crippen molar-refractivity contribution in [3.05, 3.63) is 24.2 Å². The fourth-order valence-corrected chi connectivity index (χ4v) is 1.96. The fraction of sp³-hybridized carbons (Fsp3) is 0.636. The highest BCUT2D eigenvalue weighted by Gasteiger charge is 2.12. The highest BCUT2D eigenvalue weighted by Crippen LogP contribution is 2.17. The van der Waals surface area contributed by atoms with Crippen LogP contribution in [0.3, 0.4) is 0 Å². The minimum atomic E-state index is 0. The van der Waals surface area contributed by atoms with E-state index in [4.69, 9.17) is 4.42 Å². The lowest BCUT2D eigenvalue weighted by Crippen LogP contribution is -3.00. The van der Waals surface area contributed by atoms with Crippen LogP contribution >= 0.6 is 0 Å². The van der Waals surface area contributed by atoms with Crippen LogP contribution < -0.4 is 17.7 Å². The number of nitrogens with one attached hydrogen (secondary N) is 1. The summed E-state index contributed by atoms with van der Waals surface area (Å²) in [5, 5.41) is 3.53. The van der Waals surface area contributed by atoms with Crippen molar-refractivity contribution in [1.29, 1.82) is 0 Å². The predicted octanol–water partition coefficient (Wildman–Crippen LogP) is -0.294. The van der Waals surface area contributed by atoms with Crippen LogP contribution in [0.1, 0.15) is 37.9 Å². The number of furan rings is 1. The summed E-state index contributed by atoms with van der Waals surface area (Å²) < 4.78 is 5.26. The van der Waals surface area contributed by atoms with Gasteiger partial charge in [-0.15, -0.1) is 0 Å². The second-order valence-corrected chi connectivity index (χ2v) is 3.80. The van der Waals surface area contributed by atoms with E-state index in [1.807, 2.05) is 12.1 Å². The summed E-state index contributed by atoms with van der Waals surface area (Å²) in [6, 6.07) is 4.69. The Morgan fingerprint density at radius 1 is 1.29 bits per heavy atom. The van der Waals surface area contributed by atoms with Crippen LogP contribution in [0.4, 0.5) is 0 Å². The van der Waals surface area contributed by atoms with Crippen molar-refractivity contribution in [2.75, 3.05) is 0 Å². The number of rotatable bonds is 3. The standard InChI is InChI=1S/C11H17NO.ClH/c1-2-5-10(6-3-1)12-9-11-7-4-8-13-11;/h4,7-8,10,12H,1-3,5-6,9H2;1H/p-1. The molecule has 2 rings (SSSR count). The number of halogens is 1. The van der Waals surface area contributed by atoms with E-state index >= 15 is 0 Å². The van der Waals surface area contributed by atoms with Crippen molar-refractivity contribution >= 4 is 0 Å². The first-order valence-electron chi connectivity index (χ1n) is 5.21. The molecule has 80 valence electrons. The van der Waals surface area contributed by atoms with Crippen molar-refractivity contribution in [1.82, 2.24) is 5.32 Å². The van der Waals surface area contributed by atoms with Crippen molar-refractivity contribution in [2.24, 2.45) is 0 Å². The summed E-state index contributed by atoms with van der Waals surface area (Å²) in [4.78, 5) is 0. The van der Waals surface area contributed by atoms with E-state index in [1.165, 1.54) is 32.1 Å². The molecular formula is C11H17ClNO-. The van der Waals surface area contributed by atoms with Gasteiger partial charge in [0.2, 0.25) is 0 Å². The summed E-state index contributed by atoms with van der Waals surface area (Å²) in [5.74, 6) is 1.05. The van der Waals surface area contributed by atoms with Gasteiger partial charge in [0.25, 0.3) is 0 Å². The molecule has 0 unspecified atom stereocenters. The zero-order valence-electron chi connectivity index (χ0n) is 8.34. The lowest BCUT2D eigenvalue weighted by atomic mass is 9.95. The smallest absolute Gasteiger partial charge is 0.117 e. The molecule has 3 heteroatoms. The summed E-state index contributed by atoms with van der Waals surface area (Å²) in [7, 11) is 0. The van der Waals surface area contributed by atoms with Gasteiger partial charge in [-0.2, -0.15) is 0 Å². The lowest BCUT2D eigenvalue weighted by molar-refractivity contribution is -0.00000328. The molecule has 0 atom stereocenters. The Balaban J connectivity index is 0.000000980. The third-order valence-electron chi connectivity index (χ3n) is 2.75. The van der Waals surface area contributed by atoms with Crippen molar-refractivity contribution < 1.29 is 16.8 Å². The molecule has 1 aromatic rings. The molecule has 0 aromatic carbocycles. The van der Waals surface area contributed by atoms with E-state index in [9.17, 15) is 0 Å². The van der Waals surface area contributed by atoms with E-state index in [0.717, 1.165) is 18.3 Å². The average Bonchev–Trinajstić information content (AvgIpc) is 2.69. The van der Waals surface area contributed by atoms with E-state index in [2.05, 4.69) is 5.32 Å². The fourth-order valence-electron chi connectivity index (χ4n) is 1.96. The first-order valence-corrected chi connectivity index (χ1v) is 5.21. The first kappa shape index (κ1) is 11.6. The van der Waals surface area contributed by atoms with Gasteiger partial charge in [0, 0.05) is 6.04 Å². The molecule has 1 aliphatic carbocycles. The van der Waals surface area contributed by atoms with Gasteiger partial charge in [0.15, 0.2) is 0 Å². The minimum Gasteiger partial charge on any atom is -1.00 e. The van der Waals surface area contributed by atoms with Gasteiger partial charge in [0.1, 0.15) is 5.76 Å². The highest BCUT2D eigenvalue weighted by atomic mass is 35.5. The van der Waals surface area contributed by atoms with E-state index < -0.39 is 0 Å². The normalized spacial score (nSPS) is 17.7. The van der Waals surface area contributed by atoms with Crippen LogP contribution in [0.25, 0.3) is 0 Å². The maximum Gasteiger partial charge on any atom is 0.117 e. The molecule has 1 aliphatic rings. The summed E-state index contributed by atoms with van der Waals surface area (Å²) >= 11 is 0. The monoisotopic (exact) mass is 214 g/mol. The summed E-state index contributed by atoms with van der Waals surface area (Å²) in [6.07, 6.45) is 8.59. The Bertz CT molecular complexity index is 229. The van der Waals surface area contributed by atoms with Gasteiger partial charge < -0.3 is 22.1 Å². The minimum absolute atomic E-state index is 0. The van der Waals surface area contributed by atoms with E-state index in [-0.39, 0.29) is 12.4 Å². The van der Waals surface area contributed by atoms with Crippen molar-refractivity contribution in [3.8, 4) is 0 Å². The maximum atomic E-state index is 5.26. The molecule has 0 amide bonds. The van der Waals surface area contributed by atoms with Gasteiger partial charge in [-0.05, 0) is 25.0 Å². The summed E-state index contributed by atoms with van der Waals surface area (Å²) in [5.41, 5.74) is 0. The molecule has 1 N–H and O–H groups in total. The Morgan fingerprint density at radius 3 is 2.71 bits per heavy atom. The predicted molar refractivity (Wildman–Crippen MR) is 52.4 cm³/mol. The Hall–Kier alpha value is -0.470. The van der Waals surface area contributed by atoms with Gasteiger partial charge >= 0.3 is 0 Å². The first-order chi connectivity index (χ1) is 6.45. The Labute approximate surface area is 91.5 Å². The number of hydrogen-bond donors (Lipinski definition) is 1. The molecule has 0 spiro atoms. The molecule has 1 fully saturated rings. The van der Waals surface area contributed by atoms with Gasteiger partial charge in [0.05, 0.1) is 12.8 Å². The van der Waals surface area contributed by atoms with Crippen LogP contribution in [0, 0.1) is 0 Å². The van der Waals surface area contributed by atoms with Crippen LogP contribution in [0.15, 0.2) is 22.8 Å². The molecule has 2 nitrogen and oxygen atoms in total. The SMILES string of the molecule is [Cl-].c1coc(CNC2CCCCC2)c1. The molecule has 0 aliphatic heterocycles. The molecule has 1 heterocycles. The number of hydrogen-bond acceptors (Lipinski definition) is 2. The zero-order chi connectivity index (χ0) is 8.93. The molecule has 0 bridgehead atoms. The van der Waals surface area contributed by atoms with Crippen LogP contribution in [0.2, 0.25) is 0 Å². The molecule has 1 saturated carbocycles. The lowest BCUT2D eigenvalue weighted by Gasteiger charge is -2.22. The third kappa shape index (κ3) is 3.35. The van der Waals surface area contributed by atoms with E-state index in [1.54, 1.807) is 6.26 Å². The van der Waals surface area contributed by atoms with Gasteiger partial charge in [-0.1, -0.05) is 19.3 Å². The highest BCUT2D eigenvalue weighted by molar-refractivity contribution is 4.97. The largest absolute Gasteiger partial charge is 1.00 e. The molecule has 14 heavy (non-hydrogen) atoms. The third-order valence-corrected chi connectivity index (χ3v) is 2.75. The van der Waals surface area contributed by atoms with Crippen LogP contribution in [0.5, 0.6) is 0 Å². The molecule has 0 radical (unpaired) electrons. The van der Waals surface area contributed by atoms with Gasteiger partial charge in [-0.3, -0.25) is 0 Å². The van der Waals surface area contributed by atoms with Gasteiger partial charge in [-0.25, -0.2) is 0 Å². The van der Waals surface area contributed by atoms with Crippen molar-refractivity contribution in [2.45, 2.75) is 44.7 Å². The van der Waals surface area contributed by atoms with Crippen LogP contribution in [-0.2, 0) is 6.54 Å². The maximum absolute atomic E-state index is 5.26.